The minimum atomic E-state index is -0.685. The largest absolute Gasteiger partial charge is 0.396 e. The van der Waals surface area contributed by atoms with Crippen LogP contribution in [0.3, 0.4) is 0 Å². The van der Waals surface area contributed by atoms with Gasteiger partial charge < -0.3 is 175 Å². The molecule has 0 unspecified atom stereocenters. The lowest BCUT2D eigenvalue weighted by Gasteiger charge is -2.19. The number of nitrogens with one attached hydrogen (secondary N) is 8. The fraction of sp³-hybridized carbons (Fsp3) is 0.812. The Morgan fingerprint density at radius 2 is 0.488 bits per heavy atom. The summed E-state index contributed by atoms with van der Waals surface area (Å²) in [6, 6.07) is 6.87. The van der Waals surface area contributed by atoms with Crippen LogP contribution in [0.25, 0.3) is 0 Å². The summed E-state index contributed by atoms with van der Waals surface area (Å²) in [5.41, 5.74) is 1.28. The van der Waals surface area contributed by atoms with E-state index in [-0.39, 0.29) is 306 Å². The molecular formula is C80H145N9O36. The second-order valence-electron chi connectivity index (χ2n) is 26.0. The lowest BCUT2D eigenvalue weighted by molar-refractivity contribution is -0.133. The minimum absolute atomic E-state index is 0.0291. The van der Waals surface area contributed by atoms with Crippen molar-refractivity contribution in [2.75, 3.05) is 398 Å². The van der Waals surface area contributed by atoms with E-state index < -0.39 is 30.1 Å². The van der Waals surface area contributed by atoms with E-state index in [1.165, 1.54) is 0 Å². The van der Waals surface area contributed by atoms with Crippen molar-refractivity contribution in [3.05, 3.63) is 35.4 Å². The average molecular weight is 1810 g/mol. The fourth-order valence-corrected chi connectivity index (χ4v) is 9.20. The molecule has 0 saturated heterocycles. The third kappa shape index (κ3) is 82.8. The molecule has 8 amide bonds. The van der Waals surface area contributed by atoms with Crippen molar-refractivity contribution in [1.82, 2.24) is 42.5 Å². The maximum absolute atomic E-state index is 12.9. The molecule has 0 radical (unpaired) electrons. The first kappa shape index (κ1) is 116. The van der Waals surface area contributed by atoms with Crippen LogP contribution in [0.4, 0.5) is 0 Å². The second-order valence-corrected chi connectivity index (χ2v) is 26.0. The molecule has 0 spiro atoms. The first-order valence-electron chi connectivity index (χ1n) is 42.0. The Hall–Kier alpha value is -6.63. The van der Waals surface area contributed by atoms with E-state index in [0.29, 0.717) is 111 Å². The summed E-state index contributed by atoms with van der Waals surface area (Å²) in [5, 5.41) is 25.7. The van der Waals surface area contributed by atoms with Gasteiger partial charge in [-0.05, 0) is 30.5 Å². The van der Waals surface area contributed by atoms with E-state index >= 15 is 0 Å². The van der Waals surface area contributed by atoms with Crippen molar-refractivity contribution in [3.63, 3.8) is 0 Å². The number of oxime groups is 1. The zero-order chi connectivity index (χ0) is 90.5. The summed E-state index contributed by atoms with van der Waals surface area (Å²) in [6.07, 6.45) is 0.749. The van der Waals surface area contributed by atoms with E-state index in [1.807, 2.05) is 0 Å². The Kier molecular flexibility index (Phi) is 85.7. The molecule has 0 aliphatic rings. The Morgan fingerprint density at radius 1 is 0.264 bits per heavy atom. The van der Waals surface area contributed by atoms with Gasteiger partial charge in [-0.2, -0.15) is 0 Å². The van der Waals surface area contributed by atoms with Crippen LogP contribution in [0.2, 0.25) is 0 Å². The Morgan fingerprint density at radius 3 is 0.744 bits per heavy atom. The SMILES string of the molecule is CNC(=O)c1ccc(/C=N\OCCCCNC(=O)COC(COCCOCCNC(=O)COC(COCCOCCNC(=O)COCCOCCOC)COCCOCCNC(=O)COCCOCCOC)COCCOCCNC(=O)COC(COCCOCCNC(=O)COCCOCCOC)COCCOCCNC(=O)COCCOCCOC)cc1. The van der Waals surface area contributed by atoms with Gasteiger partial charge in [0.25, 0.3) is 5.91 Å². The second kappa shape index (κ2) is 92.1. The van der Waals surface area contributed by atoms with Crippen molar-refractivity contribution < 1.29 is 171 Å². The van der Waals surface area contributed by atoms with Gasteiger partial charge in [0.1, 0.15) is 71.2 Å². The van der Waals surface area contributed by atoms with E-state index in [2.05, 4.69) is 47.7 Å². The molecule has 0 aliphatic carbocycles. The van der Waals surface area contributed by atoms with Gasteiger partial charge >= 0.3 is 0 Å². The van der Waals surface area contributed by atoms with Gasteiger partial charge in [0.2, 0.25) is 41.4 Å². The number of hydrogen-bond acceptors (Lipinski definition) is 37. The molecule has 0 aliphatic heterocycles. The van der Waals surface area contributed by atoms with Gasteiger partial charge in [0.05, 0.1) is 270 Å². The third-order valence-electron chi connectivity index (χ3n) is 15.6. The topological polar surface area (TPSA) is 504 Å². The van der Waals surface area contributed by atoms with Crippen LogP contribution < -0.4 is 42.5 Å². The zero-order valence-electron chi connectivity index (χ0n) is 74.1. The summed E-state index contributed by atoms with van der Waals surface area (Å²) in [5.74, 6) is -2.55. The van der Waals surface area contributed by atoms with Crippen LogP contribution in [0, 0.1) is 0 Å². The summed E-state index contributed by atoms with van der Waals surface area (Å²) >= 11 is 0. The fourth-order valence-electron chi connectivity index (χ4n) is 9.20. The highest BCUT2D eigenvalue weighted by Crippen LogP contribution is 2.05. The minimum Gasteiger partial charge on any atom is -0.396 e. The van der Waals surface area contributed by atoms with E-state index in [0.717, 1.165) is 5.56 Å². The molecule has 0 heterocycles. The average Bonchev–Trinajstić information content (AvgIpc) is 0.890. The van der Waals surface area contributed by atoms with Crippen molar-refractivity contribution in [2.45, 2.75) is 31.2 Å². The maximum atomic E-state index is 12.9. The van der Waals surface area contributed by atoms with Crippen LogP contribution in [0.5, 0.6) is 0 Å². The van der Waals surface area contributed by atoms with E-state index in [1.54, 1.807) is 66.0 Å². The molecule has 0 saturated carbocycles. The monoisotopic (exact) mass is 1810 g/mol. The van der Waals surface area contributed by atoms with E-state index in [9.17, 15) is 38.4 Å². The molecule has 125 heavy (non-hydrogen) atoms. The molecule has 45 nitrogen and oxygen atoms in total. The molecule has 726 valence electrons. The lowest BCUT2D eigenvalue weighted by atomic mass is 10.1. The molecule has 0 atom stereocenters. The Labute approximate surface area is 734 Å². The summed E-state index contributed by atoms with van der Waals surface area (Å²) < 4.78 is 149. The molecule has 1 rings (SSSR count). The zero-order valence-corrected chi connectivity index (χ0v) is 74.1. The lowest BCUT2D eigenvalue weighted by Crippen LogP contribution is -2.35. The predicted octanol–water partition coefficient (Wildman–Crippen LogP) is -3.94. The normalized spacial score (nSPS) is 11.5. The summed E-state index contributed by atoms with van der Waals surface area (Å²) in [6.45, 7) is 10.4. The molecule has 1 aromatic rings. The molecule has 45 heteroatoms. The van der Waals surface area contributed by atoms with E-state index in [4.69, 9.17) is 133 Å². The van der Waals surface area contributed by atoms with Crippen molar-refractivity contribution in [1.29, 1.82) is 0 Å². The number of carbonyl (C=O) groups is 8. The number of carbonyl (C=O) groups excluding carboxylic acids is 8. The first-order chi connectivity index (χ1) is 61.3. The first-order valence-corrected chi connectivity index (χ1v) is 42.0. The van der Waals surface area contributed by atoms with Crippen molar-refractivity contribution in [3.8, 4) is 0 Å². The number of rotatable bonds is 97. The number of nitrogens with zero attached hydrogens (tertiary/aromatic N) is 1. The number of unbranched alkanes of at least 4 members (excludes halogenated alkanes) is 1. The molecule has 8 N–H and O–H groups in total. The number of methoxy groups -OCH3 is 4. The van der Waals surface area contributed by atoms with Crippen molar-refractivity contribution >= 4 is 53.5 Å². The number of amides is 8. The van der Waals surface area contributed by atoms with Crippen molar-refractivity contribution in [2.24, 2.45) is 5.16 Å². The molecule has 0 aromatic heterocycles. The Balaban J connectivity index is 2.73. The highest BCUT2D eigenvalue weighted by molar-refractivity contribution is 5.94. The molecule has 0 fully saturated rings. The van der Waals surface area contributed by atoms with Gasteiger partial charge in [-0.1, -0.05) is 17.3 Å². The highest BCUT2D eigenvalue weighted by atomic mass is 16.6. The van der Waals surface area contributed by atoms with Crippen LogP contribution >= 0.6 is 0 Å². The number of ether oxygens (including phenoxy) is 27. The maximum Gasteiger partial charge on any atom is 0.251 e. The highest BCUT2D eigenvalue weighted by Gasteiger charge is 2.18. The summed E-state index contributed by atoms with van der Waals surface area (Å²) in [4.78, 5) is 104. The molecule has 1 aromatic carbocycles. The molecular weight excluding hydrogens is 1660 g/mol. The van der Waals surface area contributed by atoms with Gasteiger partial charge in [-0.15, -0.1) is 0 Å². The molecule has 0 bridgehead atoms. The van der Waals surface area contributed by atoms with Gasteiger partial charge in [-0.3, -0.25) is 38.4 Å². The van der Waals surface area contributed by atoms with Crippen LogP contribution in [0.1, 0.15) is 28.8 Å². The standard InChI is InChI=1S/C80H145N9O36/c1-81-80(97)69-10-8-68(9-11-69)54-89-125-19-7-6-12-82-77(94)65-122-70(55-112-48-38-106-24-17-87-78(95)66-123-71(57-114-44-34-102-20-13-83-73(90)61-118-50-40-108-30-26-98-2)58-115-45-35-103-21-14-84-74(91)62-119-51-41-109-31-27-99-3)56-113-49-39-107-25-18-88-79(96)67-124-72(59-116-46-36-104-22-15-85-75(92)63-120-52-42-110-32-28-100-4)60-117-47-37-105-23-16-86-76(93)64-121-53-43-111-33-29-101-5/h8-11,54,70-72H,6-7,12-53,55-67H2,1-5H3,(H,81,97)(H,82,94)(H,83,90)(H,84,91)(H,85,92)(H,86,93)(H,87,95)(H,88,96)/b89-54-. The quantitative estimate of drug-likeness (QED) is 0.0175. The van der Waals surface area contributed by atoms with Crippen LogP contribution in [-0.4, -0.2) is 470 Å². The Bertz CT molecular complexity index is 2500. The van der Waals surface area contributed by atoms with Gasteiger partial charge in [0, 0.05) is 86.9 Å². The van der Waals surface area contributed by atoms with Gasteiger partial charge in [0.15, 0.2) is 0 Å². The number of hydrogen-bond donors (Lipinski definition) is 8. The van der Waals surface area contributed by atoms with Gasteiger partial charge in [-0.25, -0.2) is 0 Å². The third-order valence-corrected chi connectivity index (χ3v) is 15.6. The predicted molar refractivity (Wildman–Crippen MR) is 447 cm³/mol. The smallest absolute Gasteiger partial charge is 0.251 e. The van der Waals surface area contributed by atoms with Crippen LogP contribution in [0.15, 0.2) is 29.4 Å². The number of benzene rings is 1. The summed E-state index contributed by atoms with van der Waals surface area (Å²) in [7, 11) is 7.88. The van der Waals surface area contributed by atoms with Crippen LogP contribution in [-0.2, 0) is 166 Å².